The smallest absolute Gasteiger partial charge is 0.247 e. The van der Waals surface area contributed by atoms with Gasteiger partial charge in [-0.3, -0.25) is 0 Å². The molecule has 0 amide bonds. The van der Waals surface area contributed by atoms with Gasteiger partial charge in [0.15, 0.2) is 0 Å². The van der Waals surface area contributed by atoms with E-state index in [1.54, 1.807) is 6.92 Å². The van der Waals surface area contributed by atoms with Crippen LogP contribution in [0.1, 0.15) is 31.0 Å². The number of aryl methyl sites for hydroxylation is 2. The molecule has 1 aromatic carbocycles. The van der Waals surface area contributed by atoms with Crippen molar-refractivity contribution in [2.75, 3.05) is 5.73 Å². The highest BCUT2D eigenvalue weighted by Gasteiger charge is 2.10. The minimum absolute atomic E-state index is 0.131. The van der Waals surface area contributed by atoms with Crippen LogP contribution in [0.2, 0.25) is 5.28 Å². The van der Waals surface area contributed by atoms with Crippen LogP contribution in [0.3, 0.4) is 0 Å². The van der Waals surface area contributed by atoms with Crippen LogP contribution in [0.4, 0.5) is 5.69 Å². The van der Waals surface area contributed by atoms with Crippen molar-refractivity contribution in [3.63, 3.8) is 0 Å². The topological polar surface area (TPSA) is 61.0 Å². The van der Waals surface area contributed by atoms with Gasteiger partial charge in [0, 0.05) is 0 Å². The third kappa shape index (κ3) is 3.61. The SMILES string of the molecule is CCCCc1ccc(Oc2nc(Cl)nc(C)c2N)cc1. The molecule has 0 saturated heterocycles. The molecule has 2 aromatic rings. The number of rotatable bonds is 5. The Morgan fingerprint density at radius 2 is 1.90 bits per heavy atom. The number of ether oxygens (including phenoxy) is 1. The molecule has 0 aliphatic rings. The average molecular weight is 292 g/mol. The Balaban J connectivity index is 2.14. The van der Waals surface area contributed by atoms with Crippen molar-refractivity contribution in [1.82, 2.24) is 9.97 Å². The maximum Gasteiger partial charge on any atom is 0.247 e. The molecule has 0 radical (unpaired) electrons. The molecular formula is C15H18ClN3O. The Morgan fingerprint density at radius 3 is 2.55 bits per heavy atom. The fraction of sp³-hybridized carbons (Fsp3) is 0.333. The van der Waals surface area contributed by atoms with Crippen molar-refractivity contribution in [2.45, 2.75) is 33.1 Å². The predicted molar refractivity (Wildman–Crippen MR) is 81.3 cm³/mol. The molecule has 0 atom stereocenters. The lowest BCUT2D eigenvalue weighted by molar-refractivity contribution is 0.463. The number of nitrogen functional groups attached to an aromatic ring is 1. The molecule has 1 aromatic heterocycles. The first-order valence-electron chi connectivity index (χ1n) is 6.66. The molecule has 0 aliphatic heterocycles. The lowest BCUT2D eigenvalue weighted by atomic mass is 10.1. The quantitative estimate of drug-likeness (QED) is 0.840. The van der Waals surface area contributed by atoms with Crippen molar-refractivity contribution < 1.29 is 4.74 Å². The van der Waals surface area contributed by atoms with E-state index in [9.17, 15) is 0 Å². The van der Waals surface area contributed by atoms with E-state index in [1.807, 2.05) is 12.1 Å². The van der Waals surface area contributed by atoms with Crippen LogP contribution in [0.25, 0.3) is 0 Å². The second-order valence-corrected chi connectivity index (χ2v) is 4.98. The Hall–Kier alpha value is -1.81. The summed E-state index contributed by atoms with van der Waals surface area (Å²) in [6.07, 6.45) is 3.46. The van der Waals surface area contributed by atoms with Gasteiger partial charge in [-0.1, -0.05) is 25.5 Å². The number of halogens is 1. The van der Waals surface area contributed by atoms with Gasteiger partial charge in [0.05, 0.1) is 5.69 Å². The van der Waals surface area contributed by atoms with Gasteiger partial charge in [-0.25, -0.2) is 4.98 Å². The number of nitrogens with zero attached hydrogens (tertiary/aromatic N) is 2. The van der Waals surface area contributed by atoms with Gasteiger partial charge in [-0.15, -0.1) is 0 Å². The van der Waals surface area contributed by atoms with Crippen molar-refractivity contribution in [2.24, 2.45) is 0 Å². The normalized spacial score (nSPS) is 10.6. The number of nitrogens with two attached hydrogens (primary N) is 1. The highest BCUT2D eigenvalue weighted by Crippen LogP contribution is 2.28. The van der Waals surface area contributed by atoms with Crippen LogP contribution in [-0.4, -0.2) is 9.97 Å². The zero-order chi connectivity index (χ0) is 14.5. The highest BCUT2D eigenvalue weighted by molar-refractivity contribution is 6.28. The summed E-state index contributed by atoms with van der Waals surface area (Å²) in [7, 11) is 0. The maximum absolute atomic E-state index is 5.89. The van der Waals surface area contributed by atoms with E-state index in [2.05, 4.69) is 29.0 Å². The van der Waals surface area contributed by atoms with E-state index in [-0.39, 0.29) is 5.28 Å². The van der Waals surface area contributed by atoms with Gasteiger partial charge >= 0.3 is 0 Å². The van der Waals surface area contributed by atoms with Gasteiger partial charge in [0.1, 0.15) is 11.4 Å². The zero-order valence-corrected chi connectivity index (χ0v) is 12.4. The maximum atomic E-state index is 5.89. The summed E-state index contributed by atoms with van der Waals surface area (Å²) in [4.78, 5) is 7.98. The molecule has 4 nitrogen and oxygen atoms in total. The molecule has 106 valence electrons. The summed E-state index contributed by atoms with van der Waals surface area (Å²) < 4.78 is 5.67. The van der Waals surface area contributed by atoms with Crippen LogP contribution >= 0.6 is 11.6 Å². The molecular weight excluding hydrogens is 274 g/mol. The molecule has 1 heterocycles. The third-order valence-corrected chi connectivity index (χ3v) is 3.20. The first-order valence-corrected chi connectivity index (χ1v) is 7.04. The summed E-state index contributed by atoms with van der Waals surface area (Å²) in [5, 5.41) is 0.131. The molecule has 2 rings (SSSR count). The van der Waals surface area contributed by atoms with E-state index in [0.717, 1.165) is 6.42 Å². The number of anilines is 1. The highest BCUT2D eigenvalue weighted by atomic mass is 35.5. The predicted octanol–water partition coefficient (Wildman–Crippen LogP) is 4.16. The standard InChI is InChI=1S/C15H18ClN3O/c1-3-4-5-11-6-8-12(9-7-11)20-14-13(17)10(2)18-15(16)19-14/h6-9H,3-5,17H2,1-2H3. The van der Waals surface area contributed by atoms with E-state index < -0.39 is 0 Å². The monoisotopic (exact) mass is 291 g/mol. The van der Waals surface area contributed by atoms with Crippen molar-refractivity contribution >= 4 is 17.3 Å². The number of aromatic nitrogens is 2. The van der Waals surface area contributed by atoms with Crippen molar-refractivity contribution in [1.29, 1.82) is 0 Å². The summed E-state index contributed by atoms with van der Waals surface area (Å²) >= 11 is 5.81. The summed E-state index contributed by atoms with van der Waals surface area (Å²) in [5.74, 6) is 0.981. The second-order valence-electron chi connectivity index (χ2n) is 4.65. The Labute approximate surface area is 124 Å². The molecule has 5 heteroatoms. The second kappa shape index (κ2) is 6.57. The van der Waals surface area contributed by atoms with Gasteiger partial charge in [0.2, 0.25) is 11.2 Å². The third-order valence-electron chi connectivity index (χ3n) is 3.03. The molecule has 0 aliphatic carbocycles. The van der Waals surface area contributed by atoms with Gasteiger partial charge in [-0.2, -0.15) is 4.98 Å². The van der Waals surface area contributed by atoms with Gasteiger partial charge in [-0.05, 0) is 49.1 Å². The van der Waals surface area contributed by atoms with E-state index in [4.69, 9.17) is 22.1 Å². The molecule has 20 heavy (non-hydrogen) atoms. The number of hydrogen-bond donors (Lipinski definition) is 1. The Bertz CT molecular complexity index is 584. The summed E-state index contributed by atoms with van der Waals surface area (Å²) in [6, 6.07) is 7.93. The lowest BCUT2D eigenvalue weighted by Gasteiger charge is -2.09. The molecule has 0 fully saturated rings. The van der Waals surface area contributed by atoms with Crippen molar-refractivity contribution in [3.05, 3.63) is 40.8 Å². The number of unbranched alkanes of at least 4 members (excludes halogenated alkanes) is 1. The molecule has 0 bridgehead atoms. The molecule has 0 unspecified atom stereocenters. The minimum atomic E-state index is 0.131. The fourth-order valence-corrected chi connectivity index (χ4v) is 2.02. The molecule has 0 spiro atoms. The summed E-state index contributed by atoms with van der Waals surface area (Å²) in [5.41, 5.74) is 8.20. The van der Waals surface area contributed by atoms with Crippen LogP contribution in [0, 0.1) is 6.92 Å². The minimum Gasteiger partial charge on any atom is -0.437 e. The zero-order valence-electron chi connectivity index (χ0n) is 11.7. The average Bonchev–Trinajstić information content (AvgIpc) is 2.43. The number of hydrogen-bond acceptors (Lipinski definition) is 4. The van der Waals surface area contributed by atoms with E-state index in [1.165, 1.54) is 18.4 Å². The van der Waals surface area contributed by atoms with Gasteiger partial charge < -0.3 is 10.5 Å². The van der Waals surface area contributed by atoms with Crippen molar-refractivity contribution in [3.8, 4) is 11.6 Å². The van der Waals surface area contributed by atoms with Crippen LogP contribution in [-0.2, 0) is 6.42 Å². The number of benzene rings is 1. The Kier molecular flexibility index (Phi) is 4.79. The van der Waals surface area contributed by atoms with Crippen LogP contribution in [0.15, 0.2) is 24.3 Å². The van der Waals surface area contributed by atoms with Gasteiger partial charge in [0.25, 0.3) is 0 Å². The summed E-state index contributed by atoms with van der Waals surface area (Å²) in [6.45, 7) is 3.95. The van der Waals surface area contributed by atoms with Crippen LogP contribution < -0.4 is 10.5 Å². The fourth-order valence-electron chi connectivity index (χ4n) is 1.82. The first-order chi connectivity index (χ1) is 9.60. The molecule has 2 N–H and O–H groups in total. The van der Waals surface area contributed by atoms with E-state index >= 15 is 0 Å². The lowest BCUT2D eigenvalue weighted by Crippen LogP contribution is -2.00. The molecule has 0 saturated carbocycles. The first kappa shape index (κ1) is 14.6. The van der Waals surface area contributed by atoms with Crippen LogP contribution in [0.5, 0.6) is 11.6 Å². The Morgan fingerprint density at radius 1 is 1.20 bits per heavy atom. The largest absolute Gasteiger partial charge is 0.437 e. The van der Waals surface area contributed by atoms with E-state index in [0.29, 0.717) is 23.0 Å².